The van der Waals surface area contributed by atoms with Gasteiger partial charge in [-0.3, -0.25) is 9.82 Å². The Hall–Kier alpha value is -2.02. The first kappa shape index (κ1) is 15.4. The molecule has 6 nitrogen and oxygen atoms in total. The fraction of sp³-hybridized carbons (Fsp3) is 0.357. The number of H-pyrrole nitrogens is 1. The Morgan fingerprint density at radius 3 is 2.71 bits per heavy atom. The van der Waals surface area contributed by atoms with Crippen molar-refractivity contribution in [3.63, 3.8) is 0 Å². The topological polar surface area (TPSA) is 84.1 Å². The van der Waals surface area contributed by atoms with Gasteiger partial charge in [-0.15, -0.1) is 0 Å². The van der Waals surface area contributed by atoms with E-state index in [0.717, 1.165) is 12.0 Å². The van der Waals surface area contributed by atoms with Gasteiger partial charge in [-0.1, -0.05) is 13.0 Å². The second-order valence-electron chi connectivity index (χ2n) is 4.81. The van der Waals surface area contributed by atoms with Crippen molar-refractivity contribution >= 4 is 15.7 Å². The first-order valence-corrected chi connectivity index (χ1v) is 8.18. The fourth-order valence-corrected chi connectivity index (χ4v) is 3.06. The number of ether oxygens (including phenoxy) is 1. The van der Waals surface area contributed by atoms with Crippen LogP contribution in [0, 0.1) is 13.8 Å². The predicted molar refractivity (Wildman–Crippen MR) is 81.1 cm³/mol. The number of aromatic amines is 1. The lowest BCUT2D eigenvalue weighted by Crippen LogP contribution is -2.14. The summed E-state index contributed by atoms with van der Waals surface area (Å²) in [7, 11) is -3.68. The number of nitrogens with one attached hydrogen (secondary N) is 2. The van der Waals surface area contributed by atoms with Gasteiger partial charge in [0.1, 0.15) is 10.6 Å². The standard InChI is InChI=1S/C14H19N3O3S/c1-4-7-20-13-8-10(2)5-6-12(13)17-21(18,19)14-9-15-16-11(14)3/h5-6,8-9,17H,4,7H2,1-3H3,(H,15,16). The van der Waals surface area contributed by atoms with Gasteiger partial charge >= 0.3 is 0 Å². The first-order valence-electron chi connectivity index (χ1n) is 6.70. The number of hydrogen-bond donors (Lipinski definition) is 2. The summed E-state index contributed by atoms with van der Waals surface area (Å²) < 4.78 is 32.9. The van der Waals surface area contributed by atoms with Gasteiger partial charge in [-0.25, -0.2) is 8.42 Å². The van der Waals surface area contributed by atoms with E-state index in [1.54, 1.807) is 13.0 Å². The van der Waals surface area contributed by atoms with Crippen LogP contribution >= 0.6 is 0 Å². The van der Waals surface area contributed by atoms with E-state index >= 15 is 0 Å². The van der Waals surface area contributed by atoms with Gasteiger partial charge in [0.2, 0.25) is 0 Å². The average molecular weight is 309 g/mol. The summed E-state index contributed by atoms with van der Waals surface area (Å²) in [4.78, 5) is 0.129. The number of anilines is 1. The summed E-state index contributed by atoms with van der Waals surface area (Å²) in [6.45, 7) is 6.11. The molecule has 21 heavy (non-hydrogen) atoms. The largest absolute Gasteiger partial charge is 0.491 e. The molecule has 2 N–H and O–H groups in total. The lowest BCUT2D eigenvalue weighted by atomic mass is 10.2. The Bertz CT molecular complexity index is 723. The summed E-state index contributed by atoms with van der Waals surface area (Å²) in [5, 5.41) is 6.36. The molecule has 2 rings (SSSR count). The van der Waals surface area contributed by atoms with E-state index in [9.17, 15) is 8.42 Å². The minimum Gasteiger partial charge on any atom is -0.491 e. The fourth-order valence-electron chi connectivity index (χ4n) is 1.86. The maximum atomic E-state index is 12.4. The second kappa shape index (κ2) is 6.17. The number of aryl methyl sites for hydroxylation is 2. The molecule has 0 bridgehead atoms. The van der Waals surface area contributed by atoms with Gasteiger partial charge in [0.05, 0.1) is 24.2 Å². The Labute approximate surface area is 124 Å². The summed E-state index contributed by atoms with van der Waals surface area (Å²) in [5.74, 6) is 0.529. The number of sulfonamides is 1. The van der Waals surface area contributed by atoms with Gasteiger partial charge in [-0.2, -0.15) is 5.10 Å². The third kappa shape index (κ3) is 3.55. The van der Waals surface area contributed by atoms with Crippen LogP contribution in [-0.4, -0.2) is 25.2 Å². The Kier molecular flexibility index (Phi) is 4.52. The lowest BCUT2D eigenvalue weighted by Gasteiger charge is -2.13. The van der Waals surface area contributed by atoms with Crippen molar-refractivity contribution in [1.29, 1.82) is 0 Å². The Morgan fingerprint density at radius 1 is 1.33 bits per heavy atom. The zero-order chi connectivity index (χ0) is 15.5. The molecule has 0 spiro atoms. The number of benzene rings is 1. The second-order valence-corrected chi connectivity index (χ2v) is 6.46. The molecule has 1 heterocycles. The van der Waals surface area contributed by atoms with Crippen molar-refractivity contribution < 1.29 is 13.2 Å². The number of aromatic nitrogens is 2. The molecule has 1 aromatic heterocycles. The summed E-state index contributed by atoms with van der Waals surface area (Å²) in [5.41, 5.74) is 1.92. The minimum atomic E-state index is -3.68. The summed E-state index contributed by atoms with van der Waals surface area (Å²) in [6.07, 6.45) is 2.14. The molecule has 0 saturated carbocycles. The molecule has 0 fully saturated rings. The van der Waals surface area contributed by atoms with E-state index < -0.39 is 10.0 Å². The predicted octanol–water partition coefficient (Wildman–Crippen LogP) is 2.62. The molecule has 7 heteroatoms. The monoisotopic (exact) mass is 309 g/mol. The zero-order valence-electron chi connectivity index (χ0n) is 12.3. The highest BCUT2D eigenvalue weighted by Crippen LogP contribution is 2.28. The van der Waals surface area contributed by atoms with E-state index in [4.69, 9.17) is 4.74 Å². The van der Waals surface area contributed by atoms with Gasteiger partial charge in [0, 0.05) is 0 Å². The first-order chi connectivity index (χ1) is 9.94. The van der Waals surface area contributed by atoms with E-state index in [1.807, 2.05) is 26.0 Å². The third-order valence-corrected chi connectivity index (χ3v) is 4.40. The summed E-state index contributed by atoms with van der Waals surface area (Å²) >= 11 is 0. The van der Waals surface area contributed by atoms with Gasteiger partial charge in [0.25, 0.3) is 10.0 Å². The molecule has 0 saturated heterocycles. The maximum Gasteiger partial charge on any atom is 0.265 e. The van der Waals surface area contributed by atoms with Crippen LogP contribution in [0.1, 0.15) is 24.6 Å². The smallest absolute Gasteiger partial charge is 0.265 e. The molecular formula is C14H19N3O3S. The van der Waals surface area contributed by atoms with E-state index in [2.05, 4.69) is 14.9 Å². The molecule has 0 aliphatic carbocycles. The molecule has 0 amide bonds. The van der Waals surface area contributed by atoms with Crippen molar-refractivity contribution in [1.82, 2.24) is 10.2 Å². The van der Waals surface area contributed by atoms with E-state index in [-0.39, 0.29) is 4.90 Å². The zero-order valence-corrected chi connectivity index (χ0v) is 13.1. The minimum absolute atomic E-state index is 0.129. The van der Waals surface area contributed by atoms with Crippen molar-refractivity contribution in [2.45, 2.75) is 32.1 Å². The normalized spacial score (nSPS) is 11.4. The molecule has 0 unspecified atom stereocenters. The van der Waals surface area contributed by atoms with Crippen LogP contribution in [0.4, 0.5) is 5.69 Å². The molecule has 0 radical (unpaired) electrons. The van der Waals surface area contributed by atoms with Crippen molar-refractivity contribution in [3.05, 3.63) is 35.7 Å². The molecular weight excluding hydrogens is 290 g/mol. The molecule has 0 aliphatic heterocycles. The number of nitrogens with zero attached hydrogens (tertiary/aromatic N) is 1. The van der Waals surface area contributed by atoms with Crippen LogP contribution in [0.25, 0.3) is 0 Å². The SMILES string of the molecule is CCCOc1cc(C)ccc1NS(=O)(=O)c1cn[nH]c1C. The Morgan fingerprint density at radius 2 is 2.10 bits per heavy atom. The average Bonchev–Trinajstić information content (AvgIpc) is 2.86. The van der Waals surface area contributed by atoms with E-state index in [0.29, 0.717) is 23.7 Å². The van der Waals surface area contributed by atoms with Crippen molar-refractivity contribution in [2.75, 3.05) is 11.3 Å². The number of hydrogen-bond acceptors (Lipinski definition) is 4. The summed E-state index contributed by atoms with van der Waals surface area (Å²) in [6, 6.07) is 5.35. The van der Waals surface area contributed by atoms with Crippen molar-refractivity contribution in [2.24, 2.45) is 0 Å². The van der Waals surface area contributed by atoms with Crippen LogP contribution in [0.15, 0.2) is 29.3 Å². The molecule has 0 aliphatic rings. The molecule has 0 atom stereocenters. The van der Waals surface area contributed by atoms with Crippen LogP contribution in [0.3, 0.4) is 0 Å². The van der Waals surface area contributed by atoms with Crippen LogP contribution in [-0.2, 0) is 10.0 Å². The van der Waals surface area contributed by atoms with Crippen LogP contribution in [0.2, 0.25) is 0 Å². The molecule has 2 aromatic rings. The van der Waals surface area contributed by atoms with Crippen molar-refractivity contribution in [3.8, 4) is 5.75 Å². The Balaban J connectivity index is 2.33. The molecule has 1 aromatic carbocycles. The highest BCUT2D eigenvalue weighted by atomic mass is 32.2. The van der Waals surface area contributed by atoms with Crippen LogP contribution in [0.5, 0.6) is 5.75 Å². The highest BCUT2D eigenvalue weighted by Gasteiger charge is 2.20. The maximum absolute atomic E-state index is 12.4. The quantitative estimate of drug-likeness (QED) is 0.859. The van der Waals surface area contributed by atoms with Gasteiger partial charge in [-0.05, 0) is 38.0 Å². The van der Waals surface area contributed by atoms with Crippen LogP contribution < -0.4 is 9.46 Å². The number of rotatable bonds is 6. The van der Waals surface area contributed by atoms with Gasteiger partial charge < -0.3 is 4.74 Å². The highest BCUT2D eigenvalue weighted by molar-refractivity contribution is 7.92. The van der Waals surface area contributed by atoms with E-state index in [1.165, 1.54) is 6.20 Å². The lowest BCUT2D eigenvalue weighted by molar-refractivity contribution is 0.319. The van der Waals surface area contributed by atoms with Gasteiger partial charge in [0.15, 0.2) is 0 Å². The molecule has 114 valence electrons. The third-order valence-electron chi connectivity index (χ3n) is 2.92.